The second kappa shape index (κ2) is 4.08. The van der Waals surface area contributed by atoms with Crippen molar-refractivity contribution in [3.05, 3.63) is 62.6 Å². The van der Waals surface area contributed by atoms with Crippen molar-refractivity contribution in [1.82, 2.24) is 0 Å². The molecule has 0 heterocycles. The second-order valence-corrected chi connectivity index (χ2v) is 5.02. The third-order valence-corrected chi connectivity index (χ3v) is 3.79. The molecule has 3 rings (SSSR count). The van der Waals surface area contributed by atoms with Gasteiger partial charge < -0.3 is 5.73 Å². The number of nitrogens with two attached hydrogens (primary N) is 1. The molecule has 2 aromatic rings. The molecule has 0 saturated carbocycles. The first-order chi connectivity index (χ1) is 9.02. The molecule has 1 aliphatic rings. The van der Waals surface area contributed by atoms with Crippen LogP contribution in [0.4, 0.5) is 5.69 Å². The van der Waals surface area contributed by atoms with Crippen molar-refractivity contribution in [2.45, 2.75) is 0 Å². The number of benzene rings is 2. The molecular formula is C14H7Cl2NO2. The van der Waals surface area contributed by atoms with Gasteiger partial charge in [0.2, 0.25) is 0 Å². The predicted octanol–water partition coefficient (Wildman–Crippen LogP) is 3.35. The quantitative estimate of drug-likeness (QED) is 0.646. The van der Waals surface area contributed by atoms with Crippen molar-refractivity contribution < 1.29 is 9.59 Å². The molecule has 0 atom stereocenters. The highest BCUT2D eigenvalue weighted by molar-refractivity contribution is 6.41. The number of nitrogen functional groups attached to an aromatic ring is 1. The molecule has 0 aliphatic heterocycles. The van der Waals surface area contributed by atoms with E-state index in [0.717, 1.165) is 0 Å². The van der Waals surface area contributed by atoms with Crippen LogP contribution in [0.15, 0.2) is 30.3 Å². The molecule has 94 valence electrons. The summed E-state index contributed by atoms with van der Waals surface area (Å²) in [4.78, 5) is 24.8. The minimum atomic E-state index is -0.327. The van der Waals surface area contributed by atoms with E-state index >= 15 is 0 Å². The summed E-state index contributed by atoms with van der Waals surface area (Å²) in [5, 5.41) is 0.514. The van der Waals surface area contributed by atoms with Crippen LogP contribution in [0, 0.1) is 0 Å². The number of ketones is 2. The molecule has 0 fully saturated rings. The van der Waals surface area contributed by atoms with Gasteiger partial charge in [0.15, 0.2) is 11.6 Å². The van der Waals surface area contributed by atoms with Crippen LogP contribution >= 0.6 is 23.2 Å². The number of halogens is 2. The fourth-order valence-electron chi connectivity index (χ4n) is 2.24. The molecule has 0 amide bonds. The SMILES string of the molecule is Nc1c(Cl)ccc2c1C(=O)c1cccc(Cl)c1C2=O. The Hall–Kier alpha value is -1.84. The highest BCUT2D eigenvalue weighted by Gasteiger charge is 2.33. The zero-order valence-corrected chi connectivity index (χ0v) is 11.0. The predicted molar refractivity (Wildman–Crippen MR) is 74.2 cm³/mol. The topological polar surface area (TPSA) is 60.2 Å². The van der Waals surface area contributed by atoms with Crippen LogP contribution in [0.25, 0.3) is 0 Å². The third kappa shape index (κ3) is 1.59. The zero-order chi connectivity index (χ0) is 13.7. The van der Waals surface area contributed by atoms with E-state index in [4.69, 9.17) is 28.9 Å². The summed E-state index contributed by atoms with van der Waals surface area (Å²) in [6.45, 7) is 0. The Balaban J connectivity index is 2.40. The highest BCUT2D eigenvalue weighted by atomic mass is 35.5. The number of hydrogen-bond donors (Lipinski definition) is 1. The molecule has 5 heteroatoms. The molecule has 19 heavy (non-hydrogen) atoms. The van der Waals surface area contributed by atoms with Crippen LogP contribution in [0.5, 0.6) is 0 Å². The maximum Gasteiger partial charge on any atom is 0.196 e. The summed E-state index contributed by atoms with van der Waals surface area (Å²) in [7, 11) is 0. The van der Waals surface area contributed by atoms with Crippen molar-refractivity contribution in [3.63, 3.8) is 0 Å². The largest absolute Gasteiger partial charge is 0.397 e. The van der Waals surface area contributed by atoms with E-state index in [1.54, 1.807) is 18.2 Å². The summed E-state index contributed by atoms with van der Waals surface area (Å²) >= 11 is 11.9. The van der Waals surface area contributed by atoms with Gasteiger partial charge in [-0.15, -0.1) is 0 Å². The minimum Gasteiger partial charge on any atom is -0.397 e. The summed E-state index contributed by atoms with van der Waals surface area (Å²) in [5.74, 6) is -0.634. The number of anilines is 1. The third-order valence-electron chi connectivity index (χ3n) is 3.15. The fourth-order valence-corrected chi connectivity index (χ4v) is 2.66. The number of hydrogen-bond acceptors (Lipinski definition) is 3. The van der Waals surface area contributed by atoms with Crippen LogP contribution in [0.2, 0.25) is 10.0 Å². The van der Waals surface area contributed by atoms with Gasteiger partial charge in [-0.3, -0.25) is 9.59 Å². The molecule has 1 aliphatic carbocycles. The molecule has 0 bridgehead atoms. The molecule has 2 N–H and O–H groups in total. The fraction of sp³-hybridized carbons (Fsp3) is 0. The lowest BCUT2D eigenvalue weighted by atomic mass is 9.83. The maximum atomic E-state index is 12.4. The second-order valence-electron chi connectivity index (χ2n) is 4.20. The number of rotatable bonds is 0. The van der Waals surface area contributed by atoms with Gasteiger partial charge in [0.25, 0.3) is 0 Å². The standard InChI is InChI=1S/C14H7Cl2NO2/c15-8-3-1-2-6-10(8)13(18)7-4-5-9(16)12(17)11(7)14(6)19/h1-5H,17H2. The smallest absolute Gasteiger partial charge is 0.196 e. The van der Waals surface area contributed by atoms with Crippen LogP contribution in [0.3, 0.4) is 0 Å². The lowest BCUT2D eigenvalue weighted by Crippen LogP contribution is -2.22. The Morgan fingerprint density at radius 2 is 1.42 bits per heavy atom. The van der Waals surface area contributed by atoms with E-state index in [9.17, 15) is 9.59 Å². The Morgan fingerprint density at radius 1 is 0.789 bits per heavy atom. The van der Waals surface area contributed by atoms with Crippen molar-refractivity contribution >= 4 is 40.5 Å². The minimum absolute atomic E-state index is 0.128. The van der Waals surface area contributed by atoms with Crippen LogP contribution in [-0.4, -0.2) is 11.6 Å². The first kappa shape index (κ1) is 12.2. The van der Waals surface area contributed by atoms with E-state index in [2.05, 4.69) is 0 Å². The molecule has 0 aromatic heterocycles. The molecule has 0 saturated heterocycles. The van der Waals surface area contributed by atoms with Gasteiger partial charge in [-0.05, 0) is 18.2 Å². The number of carbonyl (C=O) groups is 2. The number of carbonyl (C=O) groups excluding carboxylic acids is 2. The van der Waals surface area contributed by atoms with Crippen LogP contribution in [0.1, 0.15) is 31.8 Å². The summed E-state index contributed by atoms with van der Waals surface area (Å²) < 4.78 is 0. The monoisotopic (exact) mass is 291 g/mol. The average molecular weight is 292 g/mol. The highest BCUT2D eigenvalue weighted by Crippen LogP contribution is 2.36. The van der Waals surface area contributed by atoms with E-state index in [1.165, 1.54) is 12.1 Å². The Kier molecular flexibility index (Phi) is 2.62. The number of fused-ring (bicyclic) bond motifs is 2. The van der Waals surface area contributed by atoms with Gasteiger partial charge in [0.1, 0.15) is 0 Å². The van der Waals surface area contributed by atoms with Crippen LogP contribution < -0.4 is 5.73 Å². The van der Waals surface area contributed by atoms with E-state index in [-0.39, 0.29) is 49.6 Å². The summed E-state index contributed by atoms with van der Waals surface area (Å²) in [6.07, 6.45) is 0. The van der Waals surface area contributed by atoms with Crippen molar-refractivity contribution in [2.24, 2.45) is 0 Å². The molecule has 3 nitrogen and oxygen atoms in total. The van der Waals surface area contributed by atoms with Gasteiger partial charge in [-0.1, -0.05) is 35.3 Å². The molecule has 0 unspecified atom stereocenters. The zero-order valence-electron chi connectivity index (χ0n) is 9.54. The van der Waals surface area contributed by atoms with Crippen molar-refractivity contribution in [2.75, 3.05) is 5.73 Å². The van der Waals surface area contributed by atoms with E-state index in [0.29, 0.717) is 0 Å². The van der Waals surface area contributed by atoms with E-state index in [1.807, 2.05) is 0 Å². The van der Waals surface area contributed by atoms with Gasteiger partial charge in [-0.2, -0.15) is 0 Å². The molecule has 0 spiro atoms. The Bertz CT molecular complexity index is 753. The lowest BCUT2D eigenvalue weighted by molar-refractivity contribution is 0.0980. The van der Waals surface area contributed by atoms with Gasteiger partial charge in [0.05, 0.1) is 26.9 Å². The molecule has 0 radical (unpaired) electrons. The summed E-state index contributed by atoms with van der Waals surface area (Å²) in [6, 6.07) is 7.77. The van der Waals surface area contributed by atoms with Crippen LogP contribution in [-0.2, 0) is 0 Å². The first-order valence-corrected chi connectivity index (χ1v) is 6.24. The molecule has 2 aromatic carbocycles. The maximum absolute atomic E-state index is 12.4. The van der Waals surface area contributed by atoms with E-state index < -0.39 is 0 Å². The van der Waals surface area contributed by atoms with Gasteiger partial charge in [0, 0.05) is 11.1 Å². The summed E-state index contributed by atoms with van der Waals surface area (Å²) in [5.41, 5.74) is 6.83. The normalized spacial score (nSPS) is 13.2. The van der Waals surface area contributed by atoms with Gasteiger partial charge >= 0.3 is 0 Å². The van der Waals surface area contributed by atoms with Gasteiger partial charge in [-0.25, -0.2) is 0 Å². The average Bonchev–Trinajstić information content (AvgIpc) is 2.39. The van der Waals surface area contributed by atoms with Crippen molar-refractivity contribution in [3.8, 4) is 0 Å². The first-order valence-electron chi connectivity index (χ1n) is 5.48. The lowest BCUT2D eigenvalue weighted by Gasteiger charge is -2.20. The molecular weight excluding hydrogens is 285 g/mol. The Labute approximate surface area is 118 Å². The Morgan fingerprint density at radius 3 is 2.16 bits per heavy atom. The van der Waals surface area contributed by atoms with Crippen molar-refractivity contribution in [1.29, 1.82) is 0 Å².